The van der Waals surface area contributed by atoms with Crippen LogP contribution < -0.4 is 5.32 Å². The molecule has 2 aromatic carbocycles. The Balaban J connectivity index is 1.40. The third-order valence-corrected chi connectivity index (χ3v) is 14.0. The molecule has 0 spiro atoms. The van der Waals surface area contributed by atoms with E-state index in [0.29, 0.717) is 43.9 Å². The number of fused-ring (bicyclic) bond motifs is 1. The number of carbonyl (C=O) groups excluding carboxylic acids is 1. The predicted octanol–water partition coefficient (Wildman–Crippen LogP) is 5.55. The van der Waals surface area contributed by atoms with E-state index in [1.807, 2.05) is 89.3 Å². The third-order valence-electron chi connectivity index (χ3n) is 13.8. The van der Waals surface area contributed by atoms with Crippen molar-refractivity contribution in [2.45, 2.75) is 153 Å². The molecular formula is C48H73ClN4O9. The molecule has 0 radical (unpaired) electrons. The van der Waals surface area contributed by atoms with Crippen molar-refractivity contribution in [1.29, 1.82) is 0 Å². The van der Waals surface area contributed by atoms with Crippen molar-refractivity contribution in [2.75, 3.05) is 40.8 Å². The van der Waals surface area contributed by atoms with E-state index < -0.39 is 66.1 Å². The van der Waals surface area contributed by atoms with Gasteiger partial charge in [-0.3, -0.25) is 4.79 Å². The number of methoxy groups -OCH3 is 1. The van der Waals surface area contributed by atoms with Crippen molar-refractivity contribution in [3.8, 4) is 0 Å². The lowest BCUT2D eigenvalue weighted by atomic mass is 9.77. The summed E-state index contributed by atoms with van der Waals surface area (Å²) < 4.78 is 32.3. The SMILES string of the molecule is COC1(C)C[C@H](OC2[C@@H](C)C(=O)NC(Cc3c[nH]c4ccccc34)CN(CCc3ccc(Cl)cc3)C[C@H](C)C[C@@](C)(O)[C@H](OC3O[C@H](C)C[C@H](N(C)C)[C@H]3O)[C@H]2C)O[C@@H](C)[C@@H]1O. The van der Waals surface area contributed by atoms with Gasteiger partial charge in [0.05, 0.1) is 41.5 Å². The van der Waals surface area contributed by atoms with Crippen LogP contribution in [0.15, 0.2) is 54.7 Å². The molecule has 3 aliphatic heterocycles. The maximum Gasteiger partial charge on any atom is 0.225 e. The second-order valence-corrected chi connectivity index (χ2v) is 19.8. The van der Waals surface area contributed by atoms with Crippen molar-refractivity contribution in [3.05, 3.63) is 70.9 Å². The summed E-state index contributed by atoms with van der Waals surface area (Å²) in [5, 5.41) is 40.9. The lowest BCUT2D eigenvalue weighted by molar-refractivity contribution is -0.317. The molecule has 3 saturated heterocycles. The maximum atomic E-state index is 15.0. The topological polar surface area (TPSA) is 158 Å². The number of para-hydroxylation sites is 1. The van der Waals surface area contributed by atoms with Gasteiger partial charge in [-0.2, -0.15) is 0 Å². The number of aliphatic hydroxyl groups is 3. The summed E-state index contributed by atoms with van der Waals surface area (Å²) in [6.45, 7) is 15.1. The Morgan fingerprint density at radius 3 is 2.37 bits per heavy atom. The molecule has 0 aliphatic carbocycles. The number of amides is 1. The summed E-state index contributed by atoms with van der Waals surface area (Å²) in [4.78, 5) is 22.7. The number of nitrogens with one attached hydrogen (secondary N) is 2. The molecule has 6 rings (SSSR count). The summed E-state index contributed by atoms with van der Waals surface area (Å²) in [7, 11) is 5.40. The highest BCUT2D eigenvalue weighted by molar-refractivity contribution is 6.30. The fourth-order valence-electron chi connectivity index (χ4n) is 10.3. The number of H-pyrrole nitrogens is 1. The van der Waals surface area contributed by atoms with Crippen LogP contribution in [0.3, 0.4) is 0 Å². The molecule has 3 aromatic rings. The highest BCUT2D eigenvalue weighted by Gasteiger charge is 2.51. The Morgan fingerprint density at radius 1 is 0.968 bits per heavy atom. The smallest absolute Gasteiger partial charge is 0.225 e. The zero-order chi connectivity index (χ0) is 45.1. The first-order chi connectivity index (χ1) is 29.3. The highest BCUT2D eigenvalue weighted by atomic mass is 35.5. The van der Waals surface area contributed by atoms with E-state index in [1.54, 1.807) is 21.0 Å². The molecule has 3 aliphatic rings. The Kier molecular flexibility index (Phi) is 16.3. The summed E-state index contributed by atoms with van der Waals surface area (Å²) in [6.07, 6.45) is -2.00. The fraction of sp³-hybridized carbons (Fsp3) is 0.688. The van der Waals surface area contributed by atoms with E-state index in [2.05, 4.69) is 34.3 Å². The molecular weight excluding hydrogens is 812 g/mol. The number of carbonyl (C=O) groups is 1. The van der Waals surface area contributed by atoms with Gasteiger partial charge in [-0.15, -0.1) is 0 Å². The second kappa shape index (κ2) is 20.7. The van der Waals surface area contributed by atoms with Crippen molar-refractivity contribution in [3.63, 3.8) is 0 Å². The molecule has 13 nitrogen and oxygen atoms in total. The van der Waals surface area contributed by atoms with E-state index in [4.69, 9.17) is 35.3 Å². The normalized spacial score (nSPS) is 38.3. The predicted molar refractivity (Wildman–Crippen MR) is 241 cm³/mol. The number of ether oxygens (including phenoxy) is 5. The Labute approximate surface area is 373 Å². The first-order valence-corrected chi connectivity index (χ1v) is 22.9. The zero-order valence-electron chi connectivity index (χ0n) is 38.4. The molecule has 4 unspecified atom stereocenters. The number of aromatic amines is 1. The average molecular weight is 886 g/mol. The molecule has 346 valence electrons. The van der Waals surface area contributed by atoms with E-state index in [1.165, 1.54) is 0 Å². The molecule has 0 bridgehead atoms. The van der Waals surface area contributed by atoms with E-state index in [9.17, 15) is 20.1 Å². The number of nitrogens with zero attached hydrogens (tertiary/aromatic N) is 2. The molecule has 1 amide bonds. The van der Waals surface area contributed by atoms with Crippen LogP contribution in [0.2, 0.25) is 5.02 Å². The van der Waals surface area contributed by atoms with Gasteiger partial charge >= 0.3 is 0 Å². The molecule has 15 atom stereocenters. The number of halogens is 1. The standard InChI is InChI=1S/C48H73ClN4O9/c1-28-23-47(6,57)44(62-46-41(54)39(52(8)9)21-29(2)59-46)30(3)42(61-40-24-48(7,58-10)43(55)32(5)60-40)31(4)45(56)51-36(22-34-25-50-38-14-12-11-13-37(34)38)27-53(26-28)20-19-33-15-17-35(49)18-16-33/h11-18,25,28-32,36,39-44,46,50,54-55,57H,19-24,26-27H2,1-10H3,(H,51,56)/t28-,29-,30+,31-,32+,36?,39+,40+,41-,42?,43+,44-,46?,47-,48?/m1/s1. The van der Waals surface area contributed by atoms with Gasteiger partial charge < -0.3 is 59.1 Å². The van der Waals surface area contributed by atoms with Crippen molar-refractivity contribution < 1.29 is 43.8 Å². The van der Waals surface area contributed by atoms with Crippen molar-refractivity contribution in [1.82, 2.24) is 20.1 Å². The Morgan fingerprint density at radius 2 is 1.68 bits per heavy atom. The van der Waals surface area contributed by atoms with Crippen LogP contribution in [-0.2, 0) is 41.3 Å². The van der Waals surface area contributed by atoms with Gasteiger partial charge in [0.25, 0.3) is 0 Å². The molecule has 0 saturated carbocycles. The molecule has 14 heteroatoms. The minimum atomic E-state index is -1.48. The number of rotatable bonds is 11. The van der Waals surface area contributed by atoms with Crippen molar-refractivity contribution in [2.24, 2.45) is 17.8 Å². The van der Waals surface area contributed by atoms with E-state index in [-0.39, 0.29) is 36.4 Å². The van der Waals surface area contributed by atoms with Crippen LogP contribution in [0.5, 0.6) is 0 Å². The average Bonchev–Trinajstić information content (AvgIpc) is 3.62. The quantitative estimate of drug-likeness (QED) is 0.165. The van der Waals surface area contributed by atoms with Gasteiger partial charge in [0.1, 0.15) is 12.2 Å². The van der Waals surface area contributed by atoms with Gasteiger partial charge in [0.15, 0.2) is 12.6 Å². The Bertz CT molecular complexity index is 1900. The molecule has 5 N–H and O–H groups in total. The highest BCUT2D eigenvalue weighted by Crippen LogP contribution is 2.39. The Hall–Kier alpha value is -2.66. The summed E-state index contributed by atoms with van der Waals surface area (Å²) >= 11 is 6.25. The number of likely N-dealkylation sites (N-methyl/N-ethyl adjacent to an activating group) is 1. The number of hydrogen-bond donors (Lipinski definition) is 5. The van der Waals surface area contributed by atoms with Gasteiger partial charge in [-0.05, 0) is 103 Å². The first kappa shape index (κ1) is 48.8. The molecule has 4 heterocycles. The van der Waals surface area contributed by atoms with E-state index >= 15 is 0 Å². The van der Waals surface area contributed by atoms with Crippen LogP contribution in [0.25, 0.3) is 10.9 Å². The van der Waals surface area contributed by atoms with Gasteiger partial charge in [-0.1, -0.05) is 62.7 Å². The monoisotopic (exact) mass is 885 g/mol. The van der Waals surface area contributed by atoms with Gasteiger partial charge in [0, 0.05) is 73.3 Å². The number of aromatic nitrogens is 1. The van der Waals surface area contributed by atoms with Crippen LogP contribution in [0.1, 0.15) is 78.9 Å². The lowest BCUT2D eigenvalue weighted by Crippen LogP contribution is -2.60. The molecule has 1 aromatic heterocycles. The largest absolute Gasteiger partial charge is 0.387 e. The minimum absolute atomic E-state index is 0.0347. The number of benzene rings is 2. The van der Waals surface area contributed by atoms with Crippen LogP contribution in [0, 0.1) is 17.8 Å². The van der Waals surface area contributed by atoms with Crippen LogP contribution in [0.4, 0.5) is 0 Å². The van der Waals surface area contributed by atoms with Crippen LogP contribution in [-0.4, -0.2) is 149 Å². The maximum absolute atomic E-state index is 15.0. The summed E-state index contributed by atoms with van der Waals surface area (Å²) in [6, 6.07) is 15.6. The van der Waals surface area contributed by atoms with Gasteiger partial charge in [-0.25, -0.2) is 0 Å². The summed E-state index contributed by atoms with van der Waals surface area (Å²) in [5.74, 6) is -1.67. The fourth-order valence-corrected chi connectivity index (χ4v) is 10.4. The van der Waals surface area contributed by atoms with Crippen molar-refractivity contribution >= 4 is 28.4 Å². The van der Waals surface area contributed by atoms with Gasteiger partial charge in [0.2, 0.25) is 5.91 Å². The minimum Gasteiger partial charge on any atom is -0.387 e. The number of hydrogen-bond acceptors (Lipinski definition) is 11. The van der Waals surface area contributed by atoms with E-state index in [0.717, 1.165) is 28.5 Å². The van der Waals surface area contributed by atoms with Crippen LogP contribution >= 0.6 is 11.6 Å². The molecule has 62 heavy (non-hydrogen) atoms. The number of aliphatic hydroxyl groups excluding tert-OH is 2. The second-order valence-electron chi connectivity index (χ2n) is 19.4. The summed E-state index contributed by atoms with van der Waals surface area (Å²) in [5.41, 5.74) is 0.825. The third kappa shape index (κ3) is 11.6. The lowest BCUT2D eigenvalue weighted by Gasteiger charge is -2.48. The first-order valence-electron chi connectivity index (χ1n) is 22.5. The zero-order valence-corrected chi connectivity index (χ0v) is 39.2. The molecule has 3 fully saturated rings.